The summed E-state index contributed by atoms with van der Waals surface area (Å²) >= 11 is 1.41. The van der Waals surface area contributed by atoms with E-state index in [-0.39, 0.29) is 11.3 Å². The molecule has 3 aromatic rings. The summed E-state index contributed by atoms with van der Waals surface area (Å²) in [6.45, 7) is 10.4. The quantitative estimate of drug-likeness (QED) is 0.690. The number of hydrogen-bond acceptors (Lipinski definition) is 5. The Morgan fingerprint density at radius 2 is 1.85 bits per heavy atom. The maximum atomic E-state index is 12.6. The Kier molecular flexibility index (Phi) is 5.37. The van der Waals surface area contributed by atoms with E-state index in [0.717, 1.165) is 17.0 Å². The molecule has 1 aromatic carbocycles. The first-order valence-electron chi connectivity index (χ1n) is 8.98. The smallest absolute Gasteiger partial charge is 0.260 e. The fraction of sp³-hybridized carbons (Fsp3) is 0.333. The summed E-state index contributed by atoms with van der Waals surface area (Å²) < 4.78 is 0. The predicted octanol–water partition coefficient (Wildman–Crippen LogP) is 5.02. The van der Waals surface area contributed by atoms with E-state index < -0.39 is 0 Å². The van der Waals surface area contributed by atoms with Crippen LogP contribution in [0.2, 0.25) is 0 Å². The topological polar surface area (TPSA) is 67.8 Å². The number of nitrogens with zero attached hydrogens (tertiary/aromatic N) is 3. The van der Waals surface area contributed by atoms with Gasteiger partial charge in [-0.25, -0.2) is 15.0 Å². The van der Waals surface area contributed by atoms with E-state index in [4.69, 9.17) is 0 Å². The van der Waals surface area contributed by atoms with Crippen LogP contribution in [0.4, 0.5) is 5.13 Å². The molecule has 0 saturated heterocycles. The average Bonchev–Trinajstić information content (AvgIpc) is 3.09. The molecule has 3 rings (SSSR count). The van der Waals surface area contributed by atoms with Crippen molar-refractivity contribution in [2.75, 3.05) is 5.32 Å². The SMILES string of the molecule is CCc1nc(C)ncc1C(=O)Nc1nc(-c2ccc(C(C)(C)C)cc2)cs1. The summed E-state index contributed by atoms with van der Waals surface area (Å²) in [5.41, 5.74) is 4.53. The lowest BCUT2D eigenvalue weighted by atomic mass is 9.86. The minimum Gasteiger partial charge on any atom is -0.298 e. The lowest BCUT2D eigenvalue weighted by Crippen LogP contribution is -2.16. The lowest BCUT2D eigenvalue weighted by Gasteiger charge is -2.18. The summed E-state index contributed by atoms with van der Waals surface area (Å²) in [4.78, 5) is 25.6. The van der Waals surface area contributed by atoms with Gasteiger partial charge in [0.05, 0.1) is 17.0 Å². The minimum absolute atomic E-state index is 0.118. The summed E-state index contributed by atoms with van der Waals surface area (Å²) in [6, 6.07) is 8.41. The molecule has 0 aliphatic rings. The van der Waals surface area contributed by atoms with Crippen LogP contribution >= 0.6 is 11.3 Å². The summed E-state index contributed by atoms with van der Waals surface area (Å²) in [5.74, 6) is 0.439. The minimum atomic E-state index is -0.226. The Bertz CT molecular complexity index is 955. The van der Waals surface area contributed by atoms with E-state index in [1.54, 1.807) is 6.20 Å². The van der Waals surface area contributed by atoms with Gasteiger partial charge in [0, 0.05) is 17.1 Å². The number of hydrogen-bond donors (Lipinski definition) is 1. The van der Waals surface area contributed by atoms with Gasteiger partial charge in [-0.3, -0.25) is 10.1 Å². The van der Waals surface area contributed by atoms with Crippen molar-refractivity contribution in [2.24, 2.45) is 0 Å². The number of carbonyl (C=O) groups excluding carboxylic acids is 1. The number of benzene rings is 1. The lowest BCUT2D eigenvalue weighted by molar-refractivity contribution is 0.102. The van der Waals surface area contributed by atoms with Crippen molar-refractivity contribution in [3.8, 4) is 11.3 Å². The highest BCUT2D eigenvalue weighted by molar-refractivity contribution is 7.14. The molecular weight excluding hydrogens is 356 g/mol. The van der Waals surface area contributed by atoms with Crippen molar-refractivity contribution in [3.63, 3.8) is 0 Å². The van der Waals surface area contributed by atoms with Gasteiger partial charge in [0.25, 0.3) is 5.91 Å². The molecule has 0 radical (unpaired) electrons. The maximum Gasteiger partial charge on any atom is 0.260 e. The van der Waals surface area contributed by atoms with Gasteiger partial charge in [-0.05, 0) is 24.3 Å². The van der Waals surface area contributed by atoms with Crippen molar-refractivity contribution < 1.29 is 4.79 Å². The number of rotatable bonds is 4. The van der Waals surface area contributed by atoms with E-state index in [1.807, 2.05) is 19.2 Å². The molecule has 0 spiro atoms. The molecule has 0 bridgehead atoms. The number of aryl methyl sites for hydroxylation is 2. The molecular formula is C21H24N4OS. The van der Waals surface area contributed by atoms with E-state index in [0.29, 0.717) is 22.9 Å². The van der Waals surface area contributed by atoms with E-state index in [9.17, 15) is 4.79 Å². The van der Waals surface area contributed by atoms with Gasteiger partial charge in [-0.2, -0.15) is 0 Å². The highest BCUT2D eigenvalue weighted by Crippen LogP contribution is 2.28. The fourth-order valence-electron chi connectivity index (χ4n) is 2.75. The van der Waals surface area contributed by atoms with Crippen LogP contribution in [0, 0.1) is 6.92 Å². The molecule has 0 aliphatic heterocycles. The third-order valence-electron chi connectivity index (χ3n) is 4.34. The Balaban J connectivity index is 1.77. The number of carbonyl (C=O) groups is 1. The first-order valence-corrected chi connectivity index (χ1v) is 9.86. The zero-order valence-corrected chi connectivity index (χ0v) is 17.1. The maximum absolute atomic E-state index is 12.6. The van der Waals surface area contributed by atoms with Crippen LogP contribution < -0.4 is 5.32 Å². The second kappa shape index (κ2) is 7.56. The number of amides is 1. The molecule has 0 saturated carbocycles. The Labute approximate surface area is 163 Å². The largest absolute Gasteiger partial charge is 0.298 e. The highest BCUT2D eigenvalue weighted by atomic mass is 32.1. The van der Waals surface area contributed by atoms with E-state index >= 15 is 0 Å². The zero-order valence-electron chi connectivity index (χ0n) is 16.3. The van der Waals surface area contributed by atoms with Gasteiger partial charge < -0.3 is 0 Å². The molecule has 2 heterocycles. The molecule has 0 unspecified atom stereocenters. The van der Waals surface area contributed by atoms with Crippen LogP contribution in [0.5, 0.6) is 0 Å². The molecule has 5 nitrogen and oxygen atoms in total. The molecule has 0 fully saturated rings. The number of anilines is 1. The number of thiazole rings is 1. The summed E-state index contributed by atoms with van der Waals surface area (Å²) in [7, 11) is 0. The van der Waals surface area contributed by atoms with Gasteiger partial charge in [-0.15, -0.1) is 11.3 Å². The molecule has 1 amide bonds. The van der Waals surface area contributed by atoms with Gasteiger partial charge in [0.2, 0.25) is 0 Å². The third kappa shape index (κ3) is 4.39. The number of aromatic nitrogens is 3. The van der Waals surface area contributed by atoms with Crippen LogP contribution in [-0.4, -0.2) is 20.9 Å². The van der Waals surface area contributed by atoms with Gasteiger partial charge in [0.1, 0.15) is 5.82 Å². The second-order valence-electron chi connectivity index (χ2n) is 7.45. The first-order chi connectivity index (χ1) is 12.8. The Morgan fingerprint density at radius 1 is 1.15 bits per heavy atom. The molecule has 140 valence electrons. The molecule has 2 aromatic heterocycles. The fourth-order valence-corrected chi connectivity index (χ4v) is 3.46. The monoisotopic (exact) mass is 380 g/mol. The standard InChI is InChI=1S/C21H24N4OS/c1-6-17-16(11-22-13(2)23-17)19(26)25-20-24-18(12-27-20)14-7-9-15(10-8-14)21(3,4)5/h7-12H,6H2,1-5H3,(H,24,25,26). The van der Waals surface area contributed by atoms with Gasteiger partial charge >= 0.3 is 0 Å². The predicted molar refractivity (Wildman–Crippen MR) is 110 cm³/mol. The second-order valence-corrected chi connectivity index (χ2v) is 8.31. The normalized spacial score (nSPS) is 11.4. The zero-order chi connectivity index (χ0) is 19.6. The van der Waals surface area contributed by atoms with Gasteiger partial charge in [0.15, 0.2) is 5.13 Å². The van der Waals surface area contributed by atoms with E-state index in [1.165, 1.54) is 16.9 Å². The van der Waals surface area contributed by atoms with Crippen LogP contribution in [0.25, 0.3) is 11.3 Å². The highest BCUT2D eigenvalue weighted by Gasteiger charge is 2.16. The first kappa shape index (κ1) is 19.2. The van der Waals surface area contributed by atoms with Crippen molar-refractivity contribution in [3.05, 3.63) is 58.5 Å². The average molecular weight is 381 g/mol. The number of nitrogens with one attached hydrogen (secondary N) is 1. The molecule has 0 aliphatic carbocycles. The molecule has 1 N–H and O–H groups in total. The van der Waals surface area contributed by atoms with Gasteiger partial charge in [-0.1, -0.05) is 52.0 Å². The van der Waals surface area contributed by atoms with Crippen molar-refractivity contribution in [1.82, 2.24) is 15.0 Å². The van der Waals surface area contributed by atoms with Crippen molar-refractivity contribution in [2.45, 2.75) is 46.5 Å². The van der Waals surface area contributed by atoms with Crippen molar-refractivity contribution >= 4 is 22.4 Å². The van der Waals surface area contributed by atoms with Crippen LogP contribution in [-0.2, 0) is 11.8 Å². The van der Waals surface area contributed by atoms with Crippen LogP contribution in [0.15, 0.2) is 35.8 Å². The molecule has 0 atom stereocenters. The van der Waals surface area contributed by atoms with Crippen LogP contribution in [0.3, 0.4) is 0 Å². The third-order valence-corrected chi connectivity index (χ3v) is 5.10. The van der Waals surface area contributed by atoms with Crippen molar-refractivity contribution in [1.29, 1.82) is 0 Å². The summed E-state index contributed by atoms with van der Waals surface area (Å²) in [6.07, 6.45) is 2.26. The molecule has 6 heteroatoms. The molecule has 27 heavy (non-hydrogen) atoms. The summed E-state index contributed by atoms with van der Waals surface area (Å²) in [5, 5.41) is 5.39. The van der Waals surface area contributed by atoms with E-state index in [2.05, 4.69) is 65.3 Å². The van der Waals surface area contributed by atoms with Crippen LogP contribution in [0.1, 0.15) is 55.1 Å². The Morgan fingerprint density at radius 3 is 2.48 bits per heavy atom. The Hall–Kier alpha value is -2.60.